The average molecular weight is 412 g/mol. The summed E-state index contributed by atoms with van der Waals surface area (Å²) in [5.41, 5.74) is 0. The van der Waals surface area contributed by atoms with Gasteiger partial charge in [0.05, 0.1) is 37.5 Å². The third-order valence-electron chi connectivity index (χ3n) is 5.26. The Hall–Kier alpha value is -1.68. The topological polar surface area (TPSA) is 79.4 Å². The van der Waals surface area contributed by atoms with E-state index < -0.39 is 9.84 Å². The van der Waals surface area contributed by atoms with E-state index in [1.807, 2.05) is 4.90 Å². The van der Waals surface area contributed by atoms with Crippen LogP contribution in [0.2, 0.25) is 0 Å². The van der Waals surface area contributed by atoms with E-state index in [9.17, 15) is 13.2 Å². The SMILES string of the molecule is COc1cccc(S(=O)(=O)CCN2CCN(CC(=O)N3CCOCC3)CC2)c1. The molecule has 1 amide bonds. The van der Waals surface area contributed by atoms with E-state index in [1.54, 1.807) is 24.3 Å². The van der Waals surface area contributed by atoms with Gasteiger partial charge in [-0.1, -0.05) is 6.07 Å². The quantitative estimate of drug-likeness (QED) is 0.622. The van der Waals surface area contributed by atoms with Gasteiger partial charge in [-0.15, -0.1) is 0 Å². The number of hydrogen-bond acceptors (Lipinski definition) is 7. The lowest BCUT2D eigenvalue weighted by Crippen LogP contribution is -2.52. The van der Waals surface area contributed by atoms with E-state index in [4.69, 9.17) is 9.47 Å². The van der Waals surface area contributed by atoms with Crippen molar-refractivity contribution in [2.75, 3.05) is 78.4 Å². The number of amides is 1. The van der Waals surface area contributed by atoms with Crippen molar-refractivity contribution >= 4 is 15.7 Å². The maximum Gasteiger partial charge on any atom is 0.236 e. The lowest BCUT2D eigenvalue weighted by molar-refractivity contribution is -0.136. The van der Waals surface area contributed by atoms with Crippen LogP contribution >= 0.6 is 0 Å². The third-order valence-corrected chi connectivity index (χ3v) is 6.96. The van der Waals surface area contributed by atoms with Gasteiger partial charge in [0.25, 0.3) is 0 Å². The maximum absolute atomic E-state index is 12.6. The van der Waals surface area contributed by atoms with Gasteiger partial charge in [0.15, 0.2) is 9.84 Å². The Labute approximate surface area is 166 Å². The molecule has 0 atom stereocenters. The number of carbonyl (C=O) groups excluding carboxylic acids is 1. The van der Waals surface area contributed by atoms with Gasteiger partial charge in [-0.2, -0.15) is 0 Å². The first-order valence-electron chi connectivity index (χ1n) is 9.65. The number of carbonyl (C=O) groups is 1. The summed E-state index contributed by atoms with van der Waals surface area (Å²) in [7, 11) is -1.82. The number of nitrogens with zero attached hydrogens (tertiary/aromatic N) is 3. The van der Waals surface area contributed by atoms with E-state index in [0.29, 0.717) is 50.0 Å². The summed E-state index contributed by atoms with van der Waals surface area (Å²) in [5, 5.41) is 0. The predicted molar refractivity (Wildman–Crippen MR) is 105 cm³/mol. The van der Waals surface area contributed by atoms with Crippen molar-refractivity contribution in [1.29, 1.82) is 0 Å². The highest BCUT2D eigenvalue weighted by atomic mass is 32.2. The molecule has 0 radical (unpaired) electrons. The molecule has 9 heteroatoms. The van der Waals surface area contributed by atoms with Crippen LogP contribution in [0.3, 0.4) is 0 Å². The minimum atomic E-state index is -3.35. The van der Waals surface area contributed by atoms with Crippen molar-refractivity contribution < 1.29 is 22.7 Å². The van der Waals surface area contributed by atoms with Crippen molar-refractivity contribution in [3.05, 3.63) is 24.3 Å². The van der Waals surface area contributed by atoms with E-state index in [1.165, 1.54) is 7.11 Å². The highest BCUT2D eigenvalue weighted by Crippen LogP contribution is 2.18. The summed E-state index contributed by atoms with van der Waals surface area (Å²) in [6.45, 7) is 6.56. The predicted octanol–water partition coefficient (Wildman–Crippen LogP) is -0.0547. The fourth-order valence-electron chi connectivity index (χ4n) is 3.44. The van der Waals surface area contributed by atoms with Gasteiger partial charge in [0.1, 0.15) is 5.75 Å². The van der Waals surface area contributed by atoms with Crippen molar-refractivity contribution in [1.82, 2.24) is 14.7 Å². The van der Waals surface area contributed by atoms with Crippen molar-refractivity contribution in [2.45, 2.75) is 4.90 Å². The molecule has 2 heterocycles. The molecule has 0 aliphatic carbocycles. The number of piperazine rings is 1. The Morgan fingerprint density at radius 2 is 1.75 bits per heavy atom. The second kappa shape index (κ2) is 9.69. The van der Waals surface area contributed by atoms with Crippen LogP contribution in [0.15, 0.2) is 29.2 Å². The van der Waals surface area contributed by atoms with Crippen LogP contribution in [0, 0.1) is 0 Å². The van der Waals surface area contributed by atoms with Crippen molar-refractivity contribution in [2.24, 2.45) is 0 Å². The average Bonchev–Trinajstić information content (AvgIpc) is 2.74. The molecule has 0 N–H and O–H groups in total. The molecule has 1 aromatic carbocycles. The first-order chi connectivity index (χ1) is 13.5. The molecule has 156 valence electrons. The summed E-state index contributed by atoms with van der Waals surface area (Å²) in [6.07, 6.45) is 0. The van der Waals surface area contributed by atoms with E-state index >= 15 is 0 Å². The van der Waals surface area contributed by atoms with E-state index in [-0.39, 0.29) is 11.7 Å². The number of ether oxygens (including phenoxy) is 2. The fraction of sp³-hybridized carbons (Fsp3) is 0.632. The monoisotopic (exact) mass is 411 g/mol. The summed E-state index contributed by atoms with van der Waals surface area (Å²) in [6, 6.07) is 6.59. The minimum absolute atomic E-state index is 0.0763. The Morgan fingerprint density at radius 1 is 1.07 bits per heavy atom. The van der Waals surface area contributed by atoms with Gasteiger partial charge in [-0.3, -0.25) is 14.6 Å². The summed E-state index contributed by atoms with van der Waals surface area (Å²) < 4.78 is 35.5. The van der Waals surface area contributed by atoms with Crippen molar-refractivity contribution in [3.63, 3.8) is 0 Å². The summed E-state index contributed by atoms with van der Waals surface area (Å²) >= 11 is 0. The van der Waals surface area contributed by atoms with Gasteiger partial charge in [0.2, 0.25) is 5.91 Å². The zero-order chi connectivity index (χ0) is 20.0. The Bertz CT molecular complexity index is 757. The first-order valence-corrected chi connectivity index (χ1v) is 11.3. The molecular weight excluding hydrogens is 382 g/mol. The fourth-order valence-corrected chi connectivity index (χ4v) is 4.75. The second-order valence-corrected chi connectivity index (χ2v) is 9.22. The van der Waals surface area contributed by atoms with Gasteiger partial charge in [0, 0.05) is 45.8 Å². The van der Waals surface area contributed by atoms with Crippen LogP contribution in [0.25, 0.3) is 0 Å². The van der Waals surface area contributed by atoms with Crippen LogP contribution in [-0.4, -0.2) is 107 Å². The zero-order valence-electron chi connectivity index (χ0n) is 16.4. The highest BCUT2D eigenvalue weighted by molar-refractivity contribution is 7.91. The molecule has 3 rings (SSSR count). The van der Waals surface area contributed by atoms with Crippen LogP contribution in [0.4, 0.5) is 0 Å². The number of sulfone groups is 1. The van der Waals surface area contributed by atoms with Crippen LogP contribution < -0.4 is 4.74 Å². The Kier molecular flexibility index (Phi) is 7.28. The molecule has 2 aliphatic heterocycles. The number of benzene rings is 1. The molecular formula is C19H29N3O5S. The van der Waals surface area contributed by atoms with Crippen molar-refractivity contribution in [3.8, 4) is 5.75 Å². The number of morpholine rings is 1. The smallest absolute Gasteiger partial charge is 0.236 e. The molecule has 1 aromatic rings. The van der Waals surface area contributed by atoms with Gasteiger partial charge < -0.3 is 14.4 Å². The normalized spacial score (nSPS) is 19.5. The molecule has 0 aromatic heterocycles. The molecule has 0 spiro atoms. The highest BCUT2D eigenvalue weighted by Gasteiger charge is 2.24. The number of hydrogen-bond donors (Lipinski definition) is 0. The number of methoxy groups -OCH3 is 1. The Balaban J connectivity index is 1.43. The maximum atomic E-state index is 12.6. The van der Waals surface area contributed by atoms with Crippen LogP contribution in [0.5, 0.6) is 5.75 Å². The molecule has 0 saturated carbocycles. The molecule has 2 saturated heterocycles. The lowest BCUT2D eigenvalue weighted by atomic mass is 10.3. The Morgan fingerprint density at radius 3 is 2.43 bits per heavy atom. The number of rotatable bonds is 7. The standard InChI is InChI=1S/C19H29N3O5S/c1-26-17-3-2-4-18(15-17)28(24,25)14-11-20-5-7-21(8-6-20)16-19(23)22-9-12-27-13-10-22/h2-4,15H,5-14,16H2,1H3. The molecule has 2 fully saturated rings. The summed E-state index contributed by atoms with van der Waals surface area (Å²) in [5.74, 6) is 0.768. The second-order valence-electron chi connectivity index (χ2n) is 7.11. The lowest BCUT2D eigenvalue weighted by Gasteiger charge is -2.36. The third kappa shape index (κ3) is 5.66. The van der Waals surface area contributed by atoms with Gasteiger partial charge in [-0.05, 0) is 18.2 Å². The van der Waals surface area contributed by atoms with Gasteiger partial charge in [-0.25, -0.2) is 8.42 Å². The van der Waals surface area contributed by atoms with Gasteiger partial charge >= 0.3 is 0 Å². The minimum Gasteiger partial charge on any atom is -0.497 e. The van der Waals surface area contributed by atoms with Crippen LogP contribution in [-0.2, 0) is 19.4 Å². The molecule has 8 nitrogen and oxygen atoms in total. The molecule has 0 bridgehead atoms. The van der Waals surface area contributed by atoms with E-state index in [2.05, 4.69) is 9.80 Å². The van der Waals surface area contributed by atoms with Crippen LogP contribution in [0.1, 0.15) is 0 Å². The molecule has 0 unspecified atom stereocenters. The molecule has 2 aliphatic rings. The molecule has 28 heavy (non-hydrogen) atoms. The summed E-state index contributed by atoms with van der Waals surface area (Å²) in [4.78, 5) is 18.8. The zero-order valence-corrected chi connectivity index (χ0v) is 17.2. The largest absolute Gasteiger partial charge is 0.497 e. The van der Waals surface area contributed by atoms with E-state index in [0.717, 1.165) is 26.2 Å². The first kappa shape index (κ1) is 21.0.